The summed E-state index contributed by atoms with van der Waals surface area (Å²) >= 11 is 6.17. The Hall–Kier alpha value is -3.04. The minimum atomic E-state index is -0.315. The third-order valence-corrected chi connectivity index (χ3v) is 7.25. The van der Waals surface area contributed by atoms with Gasteiger partial charge in [0.05, 0.1) is 11.2 Å². The summed E-state index contributed by atoms with van der Waals surface area (Å²) in [5, 5.41) is 13.6. The summed E-state index contributed by atoms with van der Waals surface area (Å²) in [6.07, 6.45) is 6.75. The van der Waals surface area contributed by atoms with E-state index in [9.17, 15) is 10.1 Å². The van der Waals surface area contributed by atoms with Crippen LogP contribution in [0.2, 0.25) is 5.15 Å². The Morgan fingerprint density at radius 3 is 2.52 bits per heavy atom. The minimum absolute atomic E-state index is 0.0986. The molecular formula is C26H28ClN5O. The van der Waals surface area contributed by atoms with E-state index in [1.54, 1.807) is 19.2 Å². The molecule has 5 rings (SSSR count). The van der Waals surface area contributed by atoms with Gasteiger partial charge >= 0.3 is 0 Å². The maximum absolute atomic E-state index is 12.8. The van der Waals surface area contributed by atoms with Crippen molar-refractivity contribution in [2.24, 2.45) is 13.0 Å². The summed E-state index contributed by atoms with van der Waals surface area (Å²) < 4.78 is 1.47. The molecule has 2 aliphatic rings. The Balaban J connectivity index is 1.37. The normalized spacial score (nSPS) is 20.4. The Morgan fingerprint density at radius 2 is 1.85 bits per heavy atom. The first-order valence-electron chi connectivity index (χ1n) is 11.7. The highest BCUT2D eigenvalue weighted by atomic mass is 35.5. The maximum Gasteiger partial charge on any atom is 0.270 e. The molecule has 1 aromatic carbocycles. The smallest absolute Gasteiger partial charge is 0.270 e. The highest BCUT2D eigenvalue weighted by molar-refractivity contribution is 6.29. The van der Waals surface area contributed by atoms with Crippen molar-refractivity contribution in [1.29, 1.82) is 5.26 Å². The van der Waals surface area contributed by atoms with E-state index in [0.717, 1.165) is 38.1 Å². The summed E-state index contributed by atoms with van der Waals surface area (Å²) in [5.74, 6) is 0.821. The number of hydrogen-bond acceptors (Lipinski definition) is 5. The van der Waals surface area contributed by atoms with Crippen LogP contribution in [0.5, 0.6) is 0 Å². The molecule has 0 radical (unpaired) electrons. The van der Waals surface area contributed by atoms with E-state index in [1.165, 1.54) is 23.1 Å². The number of hydrogen-bond donors (Lipinski definition) is 1. The number of aromatic nitrogens is 2. The first-order valence-corrected chi connectivity index (χ1v) is 12.1. The van der Waals surface area contributed by atoms with Crippen molar-refractivity contribution < 1.29 is 0 Å². The number of halogens is 1. The van der Waals surface area contributed by atoms with Gasteiger partial charge in [-0.3, -0.25) is 4.79 Å². The van der Waals surface area contributed by atoms with Gasteiger partial charge in [-0.05, 0) is 68.7 Å². The largest absolute Gasteiger partial charge is 0.379 e. The van der Waals surface area contributed by atoms with Crippen molar-refractivity contribution in [3.05, 3.63) is 63.5 Å². The molecule has 0 unspecified atom stereocenters. The SMILES string of the molecule is Cn1c(=O)c(C#N)c(NC2CCC(N(CC3CC3)c3ccccc3)CC2)c2nc(Cl)ccc21. The number of anilines is 2. The Kier molecular flexibility index (Phi) is 5.99. The second-order valence-corrected chi connectivity index (χ2v) is 9.70. The van der Waals surface area contributed by atoms with E-state index < -0.39 is 0 Å². The molecule has 2 fully saturated rings. The van der Waals surface area contributed by atoms with Gasteiger partial charge in [-0.1, -0.05) is 29.8 Å². The molecule has 0 bridgehead atoms. The van der Waals surface area contributed by atoms with E-state index in [4.69, 9.17) is 11.6 Å². The molecule has 3 aromatic rings. The van der Waals surface area contributed by atoms with Gasteiger partial charge in [-0.15, -0.1) is 0 Å². The number of rotatable bonds is 6. The van der Waals surface area contributed by atoms with E-state index in [0.29, 0.717) is 27.9 Å². The van der Waals surface area contributed by atoms with E-state index >= 15 is 0 Å². The fourth-order valence-electron chi connectivity index (χ4n) is 5.03. The Labute approximate surface area is 198 Å². The number of nitrogens with one attached hydrogen (secondary N) is 1. The lowest BCUT2D eigenvalue weighted by Crippen LogP contribution is -2.42. The first-order chi connectivity index (χ1) is 16.0. The third-order valence-electron chi connectivity index (χ3n) is 7.04. The third kappa shape index (κ3) is 4.43. The molecule has 2 aliphatic carbocycles. The van der Waals surface area contributed by atoms with E-state index in [2.05, 4.69) is 51.6 Å². The summed E-state index contributed by atoms with van der Waals surface area (Å²) in [6.45, 7) is 1.13. The second kappa shape index (κ2) is 9.07. The molecule has 1 N–H and O–H groups in total. The molecule has 2 heterocycles. The van der Waals surface area contributed by atoms with Gasteiger partial charge in [0.15, 0.2) is 0 Å². The van der Waals surface area contributed by atoms with Crippen LogP contribution in [0.4, 0.5) is 11.4 Å². The number of fused-ring (bicyclic) bond motifs is 1. The van der Waals surface area contributed by atoms with E-state index in [1.807, 2.05) is 0 Å². The highest BCUT2D eigenvalue weighted by Crippen LogP contribution is 2.36. The summed E-state index contributed by atoms with van der Waals surface area (Å²) in [4.78, 5) is 19.9. The molecule has 0 atom stereocenters. The van der Waals surface area contributed by atoms with Crippen LogP contribution in [-0.4, -0.2) is 28.2 Å². The maximum atomic E-state index is 12.8. The monoisotopic (exact) mass is 461 g/mol. The predicted octanol–water partition coefficient (Wildman–Crippen LogP) is 5.10. The highest BCUT2D eigenvalue weighted by Gasteiger charge is 2.31. The van der Waals surface area contributed by atoms with Crippen molar-refractivity contribution in [2.75, 3.05) is 16.8 Å². The molecule has 33 heavy (non-hydrogen) atoms. The number of nitriles is 1. The topological polar surface area (TPSA) is 74.0 Å². The van der Waals surface area contributed by atoms with Crippen LogP contribution in [0.15, 0.2) is 47.3 Å². The van der Waals surface area contributed by atoms with Gasteiger partial charge in [0.1, 0.15) is 22.3 Å². The molecule has 6 nitrogen and oxygen atoms in total. The molecule has 2 saturated carbocycles. The number of aryl methyl sites for hydroxylation is 1. The van der Waals surface area contributed by atoms with Gasteiger partial charge in [-0.25, -0.2) is 4.98 Å². The van der Waals surface area contributed by atoms with E-state index in [-0.39, 0.29) is 17.2 Å². The van der Waals surface area contributed by atoms with Crippen LogP contribution in [0, 0.1) is 17.2 Å². The fourth-order valence-corrected chi connectivity index (χ4v) is 5.18. The second-order valence-electron chi connectivity index (χ2n) is 9.31. The number of para-hydroxylation sites is 1. The first kappa shape index (κ1) is 21.8. The standard InChI is InChI=1S/C26H28ClN5O/c1-31-22-13-14-23(27)30-25(22)24(21(15-28)26(31)33)29-18-9-11-20(12-10-18)32(16-17-7-8-17)19-5-3-2-4-6-19/h2-6,13-14,17-18,20,29H,7-12,16H2,1H3. The van der Waals surface area contributed by atoms with Crippen LogP contribution in [0.1, 0.15) is 44.1 Å². The molecule has 0 saturated heterocycles. The zero-order chi connectivity index (χ0) is 22.9. The molecule has 7 heteroatoms. The van der Waals surface area contributed by atoms with Gasteiger partial charge in [0.2, 0.25) is 0 Å². The molecule has 170 valence electrons. The van der Waals surface area contributed by atoms with Crippen LogP contribution in [0.25, 0.3) is 11.0 Å². The Bertz CT molecular complexity index is 1250. The lowest BCUT2D eigenvalue weighted by molar-refractivity contribution is 0.386. The minimum Gasteiger partial charge on any atom is -0.379 e. The van der Waals surface area contributed by atoms with Gasteiger partial charge in [-0.2, -0.15) is 5.26 Å². The molecule has 0 amide bonds. The van der Waals surface area contributed by atoms with Crippen molar-refractivity contribution in [2.45, 2.75) is 50.6 Å². The zero-order valence-electron chi connectivity index (χ0n) is 18.8. The average Bonchev–Trinajstić information content (AvgIpc) is 3.66. The van der Waals surface area contributed by atoms with Crippen LogP contribution in [-0.2, 0) is 7.05 Å². The van der Waals surface area contributed by atoms with Crippen molar-refractivity contribution in [1.82, 2.24) is 9.55 Å². The van der Waals surface area contributed by atoms with Crippen molar-refractivity contribution in [3.8, 4) is 6.07 Å². The summed E-state index contributed by atoms with van der Waals surface area (Å²) in [5.41, 5.74) is 2.84. The van der Waals surface area contributed by atoms with Crippen LogP contribution in [0.3, 0.4) is 0 Å². The van der Waals surface area contributed by atoms with Crippen LogP contribution >= 0.6 is 11.6 Å². The summed E-state index contributed by atoms with van der Waals surface area (Å²) in [6, 6.07) is 17.0. The lowest BCUT2D eigenvalue weighted by atomic mass is 9.89. The number of benzene rings is 1. The molecule has 2 aromatic heterocycles. The lowest BCUT2D eigenvalue weighted by Gasteiger charge is -2.39. The average molecular weight is 462 g/mol. The van der Waals surface area contributed by atoms with Crippen molar-refractivity contribution in [3.63, 3.8) is 0 Å². The predicted molar refractivity (Wildman–Crippen MR) is 133 cm³/mol. The molecule has 0 spiro atoms. The van der Waals surface area contributed by atoms with Gasteiger partial charge in [0, 0.05) is 31.4 Å². The fraction of sp³-hybridized carbons (Fsp3) is 0.423. The zero-order valence-corrected chi connectivity index (χ0v) is 19.6. The molecular weight excluding hydrogens is 434 g/mol. The van der Waals surface area contributed by atoms with Gasteiger partial charge in [0.25, 0.3) is 5.56 Å². The van der Waals surface area contributed by atoms with Crippen LogP contribution < -0.4 is 15.8 Å². The quantitative estimate of drug-likeness (QED) is 0.517. The Morgan fingerprint density at radius 1 is 1.12 bits per heavy atom. The number of nitrogens with zero attached hydrogens (tertiary/aromatic N) is 4. The van der Waals surface area contributed by atoms with Gasteiger partial charge < -0.3 is 14.8 Å². The summed E-state index contributed by atoms with van der Waals surface area (Å²) in [7, 11) is 1.66. The van der Waals surface area contributed by atoms with Crippen molar-refractivity contribution >= 4 is 34.0 Å². The number of pyridine rings is 2. The molecule has 0 aliphatic heterocycles.